The fourth-order valence-corrected chi connectivity index (χ4v) is 2.70. The van der Waals surface area contributed by atoms with Crippen LogP contribution < -0.4 is 10.6 Å². The average Bonchev–Trinajstić information content (AvgIpc) is 2.81. The first-order chi connectivity index (χ1) is 9.10. The summed E-state index contributed by atoms with van der Waals surface area (Å²) in [4.78, 5) is 11.9. The Balaban J connectivity index is 1.95. The number of nitrogens with one attached hydrogen (secondary N) is 2. The topological polar surface area (TPSA) is 61.4 Å². The third-order valence-electron chi connectivity index (χ3n) is 3.39. The zero-order valence-corrected chi connectivity index (χ0v) is 11.8. The Morgan fingerprint density at radius 2 is 2.16 bits per heavy atom. The monoisotopic (exact) mass is 302 g/mol. The van der Waals surface area contributed by atoms with Crippen LogP contribution in [0.4, 0.5) is 10.5 Å². The number of benzene rings is 1. The summed E-state index contributed by atoms with van der Waals surface area (Å²) in [5.74, 6) is 0.139. The van der Waals surface area contributed by atoms with Crippen LogP contribution in [0.1, 0.15) is 19.3 Å². The van der Waals surface area contributed by atoms with Gasteiger partial charge in [-0.25, -0.2) is 4.79 Å². The normalized spacial score (nSPS) is 22.3. The molecule has 0 radical (unpaired) electrons. The van der Waals surface area contributed by atoms with Gasteiger partial charge in [0.25, 0.3) is 0 Å². The molecule has 2 unspecified atom stereocenters. The first-order valence-corrected chi connectivity index (χ1v) is 6.99. The number of aliphatic hydroxyl groups excluding tert-OH is 1. The zero-order chi connectivity index (χ0) is 13.8. The van der Waals surface area contributed by atoms with Crippen molar-refractivity contribution in [3.63, 3.8) is 0 Å². The lowest BCUT2D eigenvalue weighted by Gasteiger charge is -2.19. The number of amides is 2. The highest BCUT2D eigenvalue weighted by Crippen LogP contribution is 2.27. The van der Waals surface area contributed by atoms with Crippen LogP contribution in [0.25, 0.3) is 0 Å². The number of rotatable bonds is 3. The summed E-state index contributed by atoms with van der Waals surface area (Å²) < 4.78 is 0. The quantitative estimate of drug-likeness (QED) is 0.802. The third-order valence-corrected chi connectivity index (χ3v) is 3.95. The van der Waals surface area contributed by atoms with Gasteiger partial charge in [0, 0.05) is 23.6 Å². The van der Waals surface area contributed by atoms with Crippen molar-refractivity contribution in [2.75, 3.05) is 11.9 Å². The maximum absolute atomic E-state index is 11.9. The van der Waals surface area contributed by atoms with Crippen molar-refractivity contribution in [1.29, 1.82) is 0 Å². The lowest BCUT2D eigenvalue weighted by atomic mass is 10.1. The molecule has 1 saturated carbocycles. The molecule has 1 aromatic rings. The van der Waals surface area contributed by atoms with E-state index in [0.717, 1.165) is 19.3 Å². The van der Waals surface area contributed by atoms with Crippen molar-refractivity contribution in [2.45, 2.75) is 25.3 Å². The minimum Gasteiger partial charge on any atom is -0.396 e. The molecule has 0 spiro atoms. The van der Waals surface area contributed by atoms with E-state index in [1.54, 1.807) is 18.2 Å². The lowest BCUT2D eigenvalue weighted by molar-refractivity contribution is 0.203. The van der Waals surface area contributed by atoms with Gasteiger partial charge in [0.05, 0.1) is 10.7 Å². The molecule has 4 nitrogen and oxygen atoms in total. The summed E-state index contributed by atoms with van der Waals surface area (Å²) in [5, 5.41) is 15.7. The first kappa shape index (κ1) is 14.4. The van der Waals surface area contributed by atoms with Crippen molar-refractivity contribution in [2.24, 2.45) is 5.92 Å². The summed E-state index contributed by atoms with van der Waals surface area (Å²) in [5.41, 5.74) is 0.477. The van der Waals surface area contributed by atoms with Crippen LogP contribution in [0.15, 0.2) is 18.2 Å². The molecule has 19 heavy (non-hydrogen) atoms. The Morgan fingerprint density at radius 3 is 2.89 bits per heavy atom. The van der Waals surface area contributed by atoms with E-state index in [-0.39, 0.29) is 24.6 Å². The predicted octanol–water partition coefficient (Wildman–Crippen LogP) is 3.28. The van der Waals surface area contributed by atoms with Crippen molar-refractivity contribution in [1.82, 2.24) is 5.32 Å². The van der Waals surface area contributed by atoms with E-state index in [0.29, 0.717) is 15.7 Å². The molecule has 6 heteroatoms. The van der Waals surface area contributed by atoms with E-state index in [1.165, 1.54) is 0 Å². The molecular weight excluding hydrogens is 287 g/mol. The molecule has 1 aromatic carbocycles. The number of hydrogen-bond donors (Lipinski definition) is 3. The Bertz CT molecular complexity index is 468. The molecule has 2 atom stereocenters. The van der Waals surface area contributed by atoms with Crippen LogP contribution in [0.5, 0.6) is 0 Å². The number of halogens is 2. The predicted molar refractivity (Wildman–Crippen MR) is 76.8 cm³/mol. The van der Waals surface area contributed by atoms with Crippen LogP contribution in [0.2, 0.25) is 10.0 Å². The zero-order valence-electron chi connectivity index (χ0n) is 10.3. The maximum atomic E-state index is 11.9. The maximum Gasteiger partial charge on any atom is 0.319 e. The fourth-order valence-electron chi connectivity index (χ4n) is 2.37. The second-order valence-corrected chi connectivity index (χ2v) is 5.55. The molecule has 1 fully saturated rings. The number of hydrogen-bond acceptors (Lipinski definition) is 2. The second kappa shape index (κ2) is 6.46. The Labute approximate surface area is 122 Å². The Kier molecular flexibility index (Phi) is 4.91. The van der Waals surface area contributed by atoms with Crippen molar-refractivity contribution in [3.05, 3.63) is 28.2 Å². The first-order valence-electron chi connectivity index (χ1n) is 6.23. The lowest BCUT2D eigenvalue weighted by Crippen LogP contribution is -2.41. The van der Waals surface area contributed by atoms with Gasteiger partial charge in [0.2, 0.25) is 0 Å². The molecule has 0 saturated heterocycles. The largest absolute Gasteiger partial charge is 0.396 e. The van der Waals surface area contributed by atoms with E-state index in [2.05, 4.69) is 10.6 Å². The minimum atomic E-state index is -0.325. The summed E-state index contributed by atoms with van der Waals surface area (Å²) in [6.45, 7) is 0.100. The van der Waals surface area contributed by atoms with Crippen LogP contribution >= 0.6 is 23.2 Å². The molecule has 0 aromatic heterocycles. The SMILES string of the molecule is O=C(Nc1cc(Cl)ccc1Cl)NC1CCCC1CO. The standard InChI is InChI=1S/C13H16Cl2N2O2/c14-9-4-5-10(15)12(6-9)17-13(19)16-11-3-1-2-8(11)7-18/h4-6,8,11,18H,1-3,7H2,(H2,16,17,19). The molecule has 1 aliphatic rings. The molecule has 2 amide bonds. The highest BCUT2D eigenvalue weighted by atomic mass is 35.5. The fraction of sp³-hybridized carbons (Fsp3) is 0.462. The Hall–Kier alpha value is -0.970. The van der Waals surface area contributed by atoms with E-state index in [9.17, 15) is 9.90 Å². The van der Waals surface area contributed by atoms with Gasteiger partial charge in [-0.1, -0.05) is 29.6 Å². The number of anilines is 1. The minimum absolute atomic E-state index is 0.0166. The molecule has 104 valence electrons. The third kappa shape index (κ3) is 3.75. The molecule has 0 heterocycles. The second-order valence-electron chi connectivity index (χ2n) is 4.70. The van der Waals surface area contributed by atoms with Crippen LogP contribution in [-0.2, 0) is 0 Å². The van der Waals surface area contributed by atoms with Gasteiger partial charge in [-0.3, -0.25) is 0 Å². The highest BCUT2D eigenvalue weighted by molar-refractivity contribution is 6.35. The van der Waals surface area contributed by atoms with Crippen molar-refractivity contribution < 1.29 is 9.90 Å². The van der Waals surface area contributed by atoms with Crippen LogP contribution in [0.3, 0.4) is 0 Å². The molecule has 2 rings (SSSR count). The molecular formula is C13H16Cl2N2O2. The van der Waals surface area contributed by atoms with Gasteiger partial charge in [-0.05, 0) is 31.0 Å². The molecule has 3 N–H and O–H groups in total. The van der Waals surface area contributed by atoms with E-state index in [4.69, 9.17) is 23.2 Å². The summed E-state index contributed by atoms with van der Waals surface area (Å²) in [6.07, 6.45) is 2.86. The van der Waals surface area contributed by atoms with Gasteiger partial charge in [0.1, 0.15) is 0 Å². The van der Waals surface area contributed by atoms with Gasteiger partial charge in [-0.2, -0.15) is 0 Å². The van der Waals surface area contributed by atoms with E-state index >= 15 is 0 Å². The Morgan fingerprint density at radius 1 is 1.37 bits per heavy atom. The summed E-state index contributed by atoms with van der Waals surface area (Å²) >= 11 is 11.8. The van der Waals surface area contributed by atoms with Gasteiger partial charge in [-0.15, -0.1) is 0 Å². The number of carbonyl (C=O) groups is 1. The summed E-state index contributed by atoms with van der Waals surface area (Å²) in [6, 6.07) is 4.58. The molecule has 0 aliphatic heterocycles. The van der Waals surface area contributed by atoms with Gasteiger partial charge in [0.15, 0.2) is 0 Å². The average molecular weight is 303 g/mol. The van der Waals surface area contributed by atoms with Gasteiger partial charge < -0.3 is 15.7 Å². The number of urea groups is 1. The van der Waals surface area contributed by atoms with E-state index < -0.39 is 0 Å². The number of carbonyl (C=O) groups excluding carboxylic acids is 1. The van der Waals surface area contributed by atoms with Crippen molar-refractivity contribution >= 4 is 34.9 Å². The summed E-state index contributed by atoms with van der Waals surface area (Å²) in [7, 11) is 0. The van der Waals surface area contributed by atoms with Crippen LogP contribution in [0, 0.1) is 5.92 Å². The van der Waals surface area contributed by atoms with Crippen molar-refractivity contribution in [3.8, 4) is 0 Å². The smallest absolute Gasteiger partial charge is 0.319 e. The molecule has 1 aliphatic carbocycles. The van der Waals surface area contributed by atoms with Crippen LogP contribution in [-0.4, -0.2) is 23.8 Å². The highest BCUT2D eigenvalue weighted by Gasteiger charge is 2.27. The molecule has 0 bridgehead atoms. The van der Waals surface area contributed by atoms with E-state index in [1.807, 2.05) is 0 Å². The number of aliphatic hydroxyl groups is 1. The van der Waals surface area contributed by atoms with Gasteiger partial charge >= 0.3 is 6.03 Å².